The van der Waals surface area contributed by atoms with Crippen molar-refractivity contribution >= 4 is 49.3 Å². The normalized spacial score (nSPS) is 11.7. The average Bonchev–Trinajstić information content (AvgIpc) is 2.80. The van der Waals surface area contributed by atoms with Gasteiger partial charge in [-0.05, 0) is 56.2 Å². The van der Waals surface area contributed by atoms with E-state index in [9.17, 15) is 9.59 Å². The Morgan fingerprint density at radius 2 is 1.26 bits per heavy atom. The maximum atomic E-state index is 13.4. The first-order valence-electron chi connectivity index (χ1n) is 10.9. The molecule has 0 atom stereocenters. The minimum Gasteiger partial charge on any atom is -0.370 e. The third-order valence-electron chi connectivity index (χ3n) is 6.33. The van der Waals surface area contributed by atoms with Gasteiger partial charge in [0.2, 0.25) is 0 Å². The number of hydrogen-bond acceptors (Lipinski definition) is 3. The van der Waals surface area contributed by atoms with Crippen molar-refractivity contribution in [1.82, 2.24) is 9.97 Å². The summed E-state index contributed by atoms with van der Waals surface area (Å²) in [6, 6.07) is 15.3. The summed E-state index contributed by atoms with van der Waals surface area (Å²) in [6.07, 6.45) is 0.825. The van der Waals surface area contributed by atoms with Crippen LogP contribution in [0.4, 0.5) is 5.69 Å². The number of pyridine rings is 2. The lowest BCUT2D eigenvalue weighted by Gasteiger charge is -2.22. The van der Waals surface area contributed by atoms with Gasteiger partial charge in [-0.15, -0.1) is 0 Å². The van der Waals surface area contributed by atoms with Gasteiger partial charge in [-0.25, -0.2) is 0 Å². The molecule has 2 N–H and O–H groups in total. The zero-order valence-corrected chi connectivity index (χ0v) is 18.0. The van der Waals surface area contributed by atoms with Gasteiger partial charge in [0, 0.05) is 34.6 Å². The van der Waals surface area contributed by atoms with E-state index in [0.717, 1.165) is 41.8 Å². The van der Waals surface area contributed by atoms with Crippen LogP contribution in [0, 0.1) is 0 Å². The maximum Gasteiger partial charge on any atom is 0.197 e. The number of benzene rings is 3. The minimum absolute atomic E-state index is 0.0149. The van der Waals surface area contributed by atoms with Crippen molar-refractivity contribution in [3.8, 4) is 0 Å². The molecule has 156 valence electrons. The van der Waals surface area contributed by atoms with E-state index in [0.29, 0.717) is 32.6 Å². The molecule has 0 saturated heterocycles. The summed E-state index contributed by atoms with van der Waals surface area (Å²) in [6.45, 7) is 7.97. The molecule has 0 aliphatic heterocycles. The first-order chi connectivity index (χ1) is 15.1. The van der Waals surface area contributed by atoms with E-state index in [2.05, 4.69) is 35.6 Å². The molecule has 0 aliphatic rings. The number of para-hydroxylation sites is 2. The first-order valence-corrected chi connectivity index (χ1v) is 10.9. The molecule has 2 aromatic heterocycles. The van der Waals surface area contributed by atoms with E-state index >= 15 is 0 Å². The lowest BCUT2D eigenvalue weighted by molar-refractivity contribution is 0.869. The van der Waals surface area contributed by atoms with Gasteiger partial charge < -0.3 is 14.9 Å². The number of H-pyrrole nitrogens is 2. The molecule has 0 saturated carbocycles. The van der Waals surface area contributed by atoms with Gasteiger partial charge in [0.1, 0.15) is 0 Å². The number of hydrogen-bond donors (Lipinski definition) is 2. The van der Waals surface area contributed by atoms with Gasteiger partial charge in [0.25, 0.3) is 0 Å². The highest BCUT2D eigenvalue weighted by atomic mass is 16.1. The van der Waals surface area contributed by atoms with Crippen LogP contribution in [0.15, 0.2) is 58.1 Å². The zero-order chi connectivity index (χ0) is 21.7. The third-order valence-corrected chi connectivity index (χ3v) is 6.33. The lowest BCUT2D eigenvalue weighted by Crippen LogP contribution is -2.22. The molecule has 2 heterocycles. The average molecular weight is 412 g/mol. The van der Waals surface area contributed by atoms with Crippen molar-refractivity contribution in [1.29, 1.82) is 0 Å². The van der Waals surface area contributed by atoms with Crippen LogP contribution in [0.5, 0.6) is 0 Å². The summed E-state index contributed by atoms with van der Waals surface area (Å²) in [5, 5.41) is 2.51. The Bertz CT molecular complexity index is 1590. The molecule has 31 heavy (non-hydrogen) atoms. The standard InChI is InChI=1S/C26H25N3O2/c1-4-15-9-7-10-16-23(15)27-20-13-19-21(14-18(20)25(16)30)28-24-17(26(19)31)11-8-12-22(24)29(5-2)6-3/h7-14H,4-6H2,1-3H3,(H,27,30)(H,28,31). The fraction of sp³-hybridized carbons (Fsp3) is 0.231. The lowest BCUT2D eigenvalue weighted by atomic mass is 10.0. The van der Waals surface area contributed by atoms with Gasteiger partial charge in [-0.1, -0.05) is 25.1 Å². The van der Waals surface area contributed by atoms with Gasteiger partial charge in [-0.2, -0.15) is 0 Å². The van der Waals surface area contributed by atoms with Crippen LogP contribution in [0.25, 0.3) is 43.6 Å². The monoisotopic (exact) mass is 411 g/mol. The molecule has 5 aromatic rings. The van der Waals surface area contributed by atoms with Crippen LogP contribution in [-0.2, 0) is 6.42 Å². The highest BCUT2D eigenvalue weighted by Gasteiger charge is 2.15. The Balaban J connectivity index is 1.92. The number of fused-ring (bicyclic) bond motifs is 4. The Kier molecular flexibility index (Phi) is 4.54. The quantitative estimate of drug-likeness (QED) is 0.405. The molecular weight excluding hydrogens is 386 g/mol. The number of aromatic nitrogens is 2. The van der Waals surface area contributed by atoms with Crippen molar-refractivity contribution in [2.24, 2.45) is 0 Å². The van der Waals surface area contributed by atoms with Gasteiger partial charge in [0.15, 0.2) is 10.9 Å². The number of rotatable bonds is 4. The predicted molar refractivity (Wildman–Crippen MR) is 131 cm³/mol. The molecule has 3 aromatic carbocycles. The van der Waals surface area contributed by atoms with Gasteiger partial charge >= 0.3 is 0 Å². The second-order valence-corrected chi connectivity index (χ2v) is 7.92. The molecule has 0 unspecified atom stereocenters. The highest BCUT2D eigenvalue weighted by molar-refractivity contribution is 6.05. The summed E-state index contributed by atoms with van der Waals surface area (Å²) < 4.78 is 0. The molecule has 0 amide bonds. The van der Waals surface area contributed by atoms with Crippen molar-refractivity contribution in [3.63, 3.8) is 0 Å². The van der Waals surface area contributed by atoms with Crippen molar-refractivity contribution in [3.05, 3.63) is 74.5 Å². The van der Waals surface area contributed by atoms with Crippen LogP contribution in [0.1, 0.15) is 26.3 Å². The summed E-state index contributed by atoms with van der Waals surface area (Å²) in [7, 11) is 0. The first kappa shape index (κ1) is 19.4. The van der Waals surface area contributed by atoms with E-state index in [1.807, 2.05) is 48.5 Å². The molecule has 5 rings (SSSR count). The number of nitrogens with one attached hydrogen (secondary N) is 2. The number of nitrogens with zero attached hydrogens (tertiary/aromatic N) is 1. The second-order valence-electron chi connectivity index (χ2n) is 7.92. The Morgan fingerprint density at radius 3 is 1.84 bits per heavy atom. The van der Waals surface area contributed by atoms with Gasteiger partial charge in [-0.3, -0.25) is 9.59 Å². The summed E-state index contributed by atoms with van der Waals surface area (Å²) in [4.78, 5) is 35.8. The van der Waals surface area contributed by atoms with Crippen LogP contribution in [0.2, 0.25) is 0 Å². The third kappa shape index (κ3) is 2.84. The highest BCUT2D eigenvalue weighted by Crippen LogP contribution is 2.27. The summed E-state index contributed by atoms with van der Waals surface area (Å²) in [5.74, 6) is 0. The zero-order valence-electron chi connectivity index (χ0n) is 18.0. The van der Waals surface area contributed by atoms with E-state index in [1.54, 1.807) is 0 Å². The molecule has 5 heteroatoms. The Labute approximate surface area is 179 Å². The fourth-order valence-electron chi connectivity index (χ4n) is 4.66. The van der Waals surface area contributed by atoms with E-state index in [1.165, 1.54) is 0 Å². The molecule has 0 fully saturated rings. The summed E-state index contributed by atoms with van der Waals surface area (Å²) in [5.41, 5.74) is 5.09. The van der Waals surface area contributed by atoms with Crippen molar-refractivity contribution < 1.29 is 0 Å². The van der Waals surface area contributed by atoms with Gasteiger partial charge in [0.05, 0.1) is 27.8 Å². The molecule has 5 nitrogen and oxygen atoms in total. The summed E-state index contributed by atoms with van der Waals surface area (Å²) >= 11 is 0. The molecule has 0 bridgehead atoms. The van der Waals surface area contributed by atoms with E-state index in [4.69, 9.17) is 0 Å². The number of aromatic amines is 2. The number of aryl methyl sites for hydroxylation is 1. The predicted octanol–water partition coefficient (Wildman–Crippen LogP) is 5.08. The van der Waals surface area contributed by atoms with E-state index < -0.39 is 0 Å². The largest absolute Gasteiger partial charge is 0.370 e. The van der Waals surface area contributed by atoms with Crippen molar-refractivity contribution in [2.45, 2.75) is 27.2 Å². The van der Waals surface area contributed by atoms with Crippen LogP contribution >= 0.6 is 0 Å². The maximum absolute atomic E-state index is 13.4. The SMILES string of the molecule is CCc1cccc2c(=O)c3cc4[nH]c5c(N(CC)CC)cccc5c(=O)c4cc3[nH]c12. The second kappa shape index (κ2) is 7.27. The topological polar surface area (TPSA) is 69.0 Å². The van der Waals surface area contributed by atoms with E-state index in [-0.39, 0.29) is 10.9 Å². The molecule has 0 aliphatic carbocycles. The van der Waals surface area contributed by atoms with Crippen LogP contribution in [0.3, 0.4) is 0 Å². The smallest absolute Gasteiger partial charge is 0.197 e. The van der Waals surface area contributed by atoms with Crippen molar-refractivity contribution in [2.75, 3.05) is 18.0 Å². The Hall–Kier alpha value is -3.60. The number of anilines is 1. The molecule has 0 radical (unpaired) electrons. The molecular formula is C26H25N3O2. The van der Waals surface area contributed by atoms with Crippen LogP contribution < -0.4 is 15.8 Å². The fourth-order valence-corrected chi connectivity index (χ4v) is 4.66. The Morgan fingerprint density at radius 1 is 0.710 bits per heavy atom. The minimum atomic E-state index is -0.0237. The molecule has 0 spiro atoms. The van der Waals surface area contributed by atoms with Crippen LogP contribution in [-0.4, -0.2) is 23.1 Å².